The lowest BCUT2D eigenvalue weighted by Gasteiger charge is -2.34. The van der Waals surface area contributed by atoms with Crippen molar-refractivity contribution in [2.45, 2.75) is 32.7 Å². The summed E-state index contributed by atoms with van der Waals surface area (Å²) in [6, 6.07) is 3.76. The van der Waals surface area contributed by atoms with E-state index < -0.39 is 5.82 Å². The molecule has 1 fully saturated rings. The van der Waals surface area contributed by atoms with Gasteiger partial charge in [-0.25, -0.2) is 4.39 Å². The molecule has 1 saturated heterocycles. The summed E-state index contributed by atoms with van der Waals surface area (Å²) < 4.78 is 13.0. The summed E-state index contributed by atoms with van der Waals surface area (Å²) in [5.41, 5.74) is 0.454. The van der Waals surface area contributed by atoms with Gasteiger partial charge >= 0.3 is 0 Å². The summed E-state index contributed by atoms with van der Waals surface area (Å²) in [7, 11) is 0. The third kappa shape index (κ3) is 3.70. The van der Waals surface area contributed by atoms with E-state index in [-0.39, 0.29) is 17.0 Å². The van der Waals surface area contributed by atoms with Gasteiger partial charge in [-0.05, 0) is 50.4 Å². The second kappa shape index (κ2) is 6.55. The number of benzene rings is 1. The molecule has 0 saturated carbocycles. The number of nitrogens with zero attached hydrogens (tertiary/aromatic N) is 1. The molecule has 1 N–H and O–H groups in total. The highest BCUT2D eigenvalue weighted by Crippen LogP contribution is 2.23. The maximum Gasteiger partial charge on any atom is 0.241 e. The fraction of sp³-hybridized carbons (Fsp3) is 0.533. The topological polar surface area (TPSA) is 32.3 Å². The van der Waals surface area contributed by atoms with E-state index in [0.29, 0.717) is 11.6 Å². The van der Waals surface area contributed by atoms with Crippen LogP contribution in [0.15, 0.2) is 18.2 Å². The number of nitrogens with one attached hydrogen (secondary N) is 1. The molecule has 0 aliphatic carbocycles. The van der Waals surface area contributed by atoms with Crippen molar-refractivity contribution in [1.82, 2.24) is 4.90 Å². The fourth-order valence-electron chi connectivity index (χ4n) is 2.57. The van der Waals surface area contributed by atoms with Crippen molar-refractivity contribution < 1.29 is 9.18 Å². The van der Waals surface area contributed by atoms with E-state index in [2.05, 4.69) is 17.1 Å². The number of halogens is 2. The second-order valence-electron chi connectivity index (χ2n) is 5.53. The lowest BCUT2D eigenvalue weighted by molar-refractivity contribution is -0.121. The van der Waals surface area contributed by atoms with E-state index in [0.717, 1.165) is 19.5 Å². The first-order valence-electron chi connectivity index (χ1n) is 6.97. The molecule has 5 heteroatoms. The van der Waals surface area contributed by atoms with Crippen molar-refractivity contribution >= 4 is 23.2 Å². The molecule has 0 radical (unpaired) electrons. The lowest BCUT2D eigenvalue weighted by atomic mass is 9.99. The molecule has 1 amide bonds. The van der Waals surface area contributed by atoms with Gasteiger partial charge in [-0.15, -0.1) is 0 Å². The summed E-state index contributed by atoms with van der Waals surface area (Å²) in [5.74, 6) is 0.104. The molecule has 2 atom stereocenters. The van der Waals surface area contributed by atoms with Crippen molar-refractivity contribution in [3.63, 3.8) is 0 Å². The van der Waals surface area contributed by atoms with Crippen LogP contribution in [0, 0.1) is 11.7 Å². The number of carbonyl (C=O) groups excluding carboxylic acids is 1. The number of likely N-dealkylation sites (tertiary alicyclic amines) is 1. The zero-order valence-electron chi connectivity index (χ0n) is 11.8. The van der Waals surface area contributed by atoms with Gasteiger partial charge in [0, 0.05) is 6.54 Å². The minimum absolute atomic E-state index is 0.104. The standard InChI is InChI=1S/C15H20ClFN2O/c1-10-4-3-7-19(9-10)11(2)15(20)18-14-6-5-12(17)8-13(14)16/h5-6,8,10-11H,3-4,7,9H2,1-2H3,(H,18,20)/t10-,11-/m0/s1. The summed E-state index contributed by atoms with van der Waals surface area (Å²) in [5, 5.41) is 2.99. The second-order valence-corrected chi connectivity index (χ2v) is 5.94. The molecule has 1 heterocycles. The molecule has 2 rings (SSSR count). The molecule has 1 aliphatic heterocycles. The number of rotatable bonds is 3. The molecule has 0 spiro atoms. The van der Waals surface area contributed by atoms with Gasteiger partial charge in [0.15, 0.2) is 0 Å². The number of hydrogen-bond acceptors (Lipinski definition) is 2. The van der Waals surface area contributed by atoms with Gasteiger partial charge in [-0.2, -0.15) is 0 Å². The molecule has 0 bridgehead atoms. The van der Waals surface area contributed by atoms with Crippen LogP contribution in [-0.2, 0) is 4.79 Å². The Labute approximate surface area is 124 Å². The van der Waals surface area contributed by atoms with Gasteiger partial charge in [-0.3, -0.25) is 9.69 Å². The summed E-state index contributed by atoms with van der Waals surface area (Å²) in [6.45, 7) is 5.97. The van der Waals surface area contributed by atoms with Crippen LogP contribution in [0.2, 0.25) is 5.02 Å². The Morgan fingerprint density at radius 1 is 1.55 bits per heavy atom. The van der Waals surface area contributed by atoms with E-state index in [1.165, 1.54) is 24.6 Å². The molecule has 20 heavy (non-hydrogen) atoms. The van der Waals surface area contributed by atoms with Gasteiger partial charge in [0.2, 0.25) is 5.91 Å². The molecule has 1 aliphatic rings. The predicted octanol–water partition coefficient (Wildman–Crippen LogP) is 3.54. The number of carbonyl (C=O) groups is 1. The van der Waals surface area contributed by atoms with Gasteiger partial charge in [0.25, 0.3) is 0 Å². The maximum absolute atomic E-state index is 13.0. The molecule has 3 nitrogen and oxygen atoms in total. The minimum Gasteiger partial charge on any atom is -0.323 e. The van der Waals surface area contributed by atoms with Crippen LogP contribution < -0.4 is 5.32 Å². The van der Waals surface area contributed by atoms with Crippen LogP contribution in [0.1, 0.15) is 26.7 Å². The molecule has 1 aromatic carbocycles. The zero-order valence-corrected chi connectivity index (χ0v) is 12.6. The number of amides is 1. The Balaban J connectivity index is 2.00. The Morgan fingerprint density at radius 2 is 2.30 bits per heavy atom. The molecule has 0 aromatic heterocycles. The van der Waals surface area contributed by atoms with Crippen LogP contribution in [0.4, 0.5) is 10.1 Å². The zero-order chi connectivity index (χ0) is 14.7. The van der Waals surface area contributed by atoms with Crippen LogP contribution >= 0.6 is 11.6 Å². The fourth-order valence-corrected chi connectivity index (χ4v) is 2.79. The first-order valence-corrected chi connectivity index (χ1v) is 7.35. The van der Waals surface area contributed by atoms with E-state index in [1.54, 1.807) is 0 Å². The Morgan fingerprint density at radius 3 is 2.95 bits per heavy atom. The molecular formula is C15H20ClFN2O. The van der Waals surface area contributed by atoms with Gasteiger partial charge in [-0.1, -0.05) is 18.5 Å². The van der Waals surface area contributed by atoms with Gasteiger partial charge < -0.3 is 5.32 Å². The van der Waals surface area contributed by atoms with E-state index in [1.807, 2.05) is 6.92 Å². The van der Waals surface area contributed by atoms with Crippen molar-refractivity contribution in [2.75, 3.05) is 18.4 Å². The SMILES string of the molecule is C[C@H]1CCCN([C@@H](C)C(=O)Nc2ccc(F)cc2Cl)C1. The molecular weight excluding hydrogens is 279 g/mol. The van der Waals surface area contributed by atoms with Crippen molar-refractivity contribution in [2.24, 2.45) is 5.92 Å². The third-order valence-electron chi connectivity index (χ3n) is 3.80. The summed E-state index contributed by atoms with van der Waals surface area (Å²) >= 11 is 5.92. The first-order chi connectivity index (χ1) is 9.47. The van der Waals surface area contributed by atoms with Crippen molar-refractivity contribution in [3.05, 3.63) is 29.0 Å². The monoisotopic (exact) mass is 298 g/mol. The minimum atomic E-state index is -0.411. The maximum atomic E-state index is 13.0. The van der Waals surface area contributed by atoms with E-state index >= 15 is 0 Å². The number of anilines is 1. The molecule has 110 valence electrons. The van der Waals surface area contributed by atoms with Crippen molar-refractivity contribution in [1.29, 1.82) is 0 Å². The third-order valence-corrected chi connectivity index (χ3v) is 4.12. The summed E-state index contributed by atoms with van der Waals surface area (Å²) in [4.78, 5) is 14.4. The summed E-state index contributed by atoms with van der Waals surface area (Å²) in [6.07, 6.45) is 2.34. The van der Waals surface area contributed by atoms with E-state index in [4.69, 9.17) is 11.6 Å². The van der Waals surface area contributed by atoms with Crippen LogP contribution in [0.5, 0.6) is 0 Å². The quantitative estimate of drug-likeness (QED) is 0.926. The highest BCUT2D eigenvalue weighted by molar-refractivity contribution is 6.33. The molecule has 0 unspecified atom stereocenters. The largest absolute Gasteiger partial charge is 0.323 e. The Kier molecular flexibility index (Phi) is 5.00. The Hall–Kier alpha value is -1.13. The predicted molar refractivity (Wildman–Crippen MR) is 79.5 cm³/mol. The number of piperidine rings is 1. The Bertz CT molecular complexity index is 495. The smallest absolute Gasteiger partial charge is 0.241 e. The van der Waals surface area contributed by atoms with Gasteiger partial charge in [0.05, 0.1) is 16.8 Å². The normalized spacial score (nSPS) is 21.5. The lowest BCUT2D eigenvalue weighted by Crippen LogP contribution is -2.46. The van der Waals surface area contributed by atoms with Crippen LogP contribution in [-0.4, -0.2) is 29.9 Å². The highest BCUT2D eigenvalue weighted by atomic mass is 35.5. The number of hydrogen-bond donors (Lipinski definition) is 1. The van der Waals surface area contributed by atoms with Gasteiger partial charge in [0.1, 0.15) is 5.82 Å². The average Bonchev–Trinajstić information content (AvgIpc) is 2.41. The molecule has 1 aromatic rings. The van der Waals surface area contributed by atoms with Crippen LogP contribution in [0.3, 0.4) is 0 Å². The van der Waals surface area contributed by atoms with Crippen LogP contribution in [0.25, 0.3) is 0 Å². The first kappa shape index (κ1) is 15.3. The van der Waals surface area contributed by atoms with E-state index in [9.17, 15) is 9.18 Å². The van der Waals surface area contributed by atoms with Crippen molar-refractivity contribution in [3.8, 4) is 0 Å². The average molecular weight is 299 g/mol. The highest BCUT2D eigenvalue weighted by Gasteiger charge is 2.25.